The Morgan fingerprint density at radius 1 is 1.05 bits per heavy atom. The molecule has 0 fully saturated rings. The zero-order chi connectivity index (χ0) is 26.9. The number of rotatable bonds is 7. The smallest absolute Gasteiger partial charge is 0.418 e. The highest BCUT2D eigenvalue weighted by Crippen LogP contribution is 2.35. The third kappa shape index (κ3) is 4.97. The first-order chi connectivity index (χ1) is 18.3. The maximum absolute atomic E-state index is 13.6. The molecule has 0 atom stereocenters. The normalized spacial score (nSPS) is 11.7. The van der Waals surface area contributed by atoms with Crippen LogP contribution in [0, 0.1) is 0 Å². The first kappa shape index (κ1) is 25.4. The van der Waals surface area contributed by atoms with Crippen LogP contribution in [-0.4, -0.2) is 32.8 Å². The fraction of sp³-hybridized carbons (Fsp3) is 0.148. The highest BCUT2D eigenvalue weighted by molar-refractivity contribution is 7.99. The summed E-state index contributed by atoms with van der Waals surface area (Å²) in [6, 6.07) is 18.9. The van der Waals surface area contributed by atoms with Crippen molar-refractivity contribution in [2.45, 2.75) is 18.3 Å². The first-order valence-electron chi connectivity index (χ1n) is 11.6. The van der Waals surface area contributed by atoms with Gasteiger partial charge in [-0.2, -0.15) is 13.2 Å². The second-order valence-corrected chi connectivity index (χ2v) is 9.18. The Hall–Kier alpha value is -4.25. The predicted molar refractivity (Wildman–Crippen MR) is 141 cm³/mol. The number of carbonyl (C=O) groups excluding carboxylic acids is 1. The molecule has 5 rings (SSSR count). The van der Waals surface area contributed by atoms with Crippen LogP contribution < -0.4 is 15.6 Å². The van der Waals surface area contributed by atoms with E-state index in [2.05, 4.69) is 10.3 Å². The Morgan fingerprint density at radius 3 is 2.50 bits per heavy atom. The molecule has 0 aliphatic heterocycles. The maximum Gasteiger partial charge on any atom is 0.418 e. The van der Waals surface area contributed by atoms with Crippen LogP contribution in [0.4, 0.5) is 18.9 Å². The van der Waals surface area contributed by atoms with E-state index in [9.17, 15) is 22.8 Å². The fourth-order valence-corrected chi connectivity index (χ4v) is 4.89. The molecule has 5 aromatic rings. The lowest BCUT2D eigenvalue weighted by Crippen LogP contribution is -2.23. The summed E-state index contributed by atoms with van der Waals surface area (Å²) in [5.74, 6) is -0.317. The molecule has 2 N–H and O–H groups in total. The number of carbonyl (C=O) groups is 1. The van der Waals surface area contributed by atoms with Crippen molar-refractivity contribution in [1.82, 2.24) is 14.5 Å². The molecule has 3 aromatic carbocycles. The highest BCUT2D eigenvalue weighted by atomic mass is 32.2. The number of nitrogens with one attached hydrogen (secondary N) is 2. The third-order valence-electron chi connectivity index (χ3n) is 5.74. The number of thioether (sulfide) groups is 1. The lowest BCUT2D eigenvalue weighted by Gasteiger charge is -2.14. The van der Waals surface area contributed by atoms with Crippen molar-refractivity contribution in [3.63, 3.8) is 0 Å². The van der Waals surface area contributed by atoms with Gasteiger partial charge in [-0.1, -0.05) is 42.1 Å². The lowest BCUT2D eigenvalue weighted by molar-refractivity contribution is -0.137. The van der Waals surface area contributed by atoms with Crippen molar-refractivity contribution in [3.05, 3.63) is 88.7 Å². The number of fused-ring (bicyclic) bond motifs is 3. The van der Waals surface area contributed by atoms with Crippen molar-refractivity contribution in [3.8, 4) is 11.4 Å². The molecule has 11 heteroatoms. The molecule has 0 radical (unpaired) electrons. The molecule has 2 aromatic heterocycles. The number of benzene rings is 3. The summed E-state index contributed by atoms with van der Waals surface area (Å²) in [6.07, 6.45) is -4.62. The van der Waals surface area contributed by atoms with Crippen molar-refractivity contribution in [2.75, 3.05) is 17.7 Å². The summed E-state index contributed by atoms with van der Waals surface area (Å²) in [7, 11) is 0. The van der Waals surface area contributed by atoms with Crippen LogP contribution in [0.15, 0.2) is 82.7 Å². The topological polar surface area (TPSA) is 89.0 Å². The summed E-state index contributed by atoms with van der Waals surface area (Å²) in [4.78, 5) is 34.2. The molecule has 1 amide bonds. The van der Waals surface area contributed by atoms with Crippen molar-refractivity contribution in [2.24, 2.45) is 0 Å². The van der Waals surface area contributed by atoms with E-state index >= 15 is 0 Å². The Bertz CT molecular complexity index is 1690. The number of para-hydroxylation sites is 2. The van der Waals surface area contributed by atoms with Crippen LogP contribution in [0.2, 0.25) is 0 Å². The van der Waals surface area contributed by atoms with Gasteiger partial charge in [0.15, 0.2) is 5.16 Å². The van der Waals surface area contributed by atoms with Gasteiger partial charge in [-0.25, -0.2) is 4.98 Å². The number of halogens is 3. The number of alkyl halides is 3. The molecule has 0 unspecified atom stereocenters. The van der Waals surface area contributed by atoms with E-state index in [1.54, 1.807) is 24.3 Å². The van der Waals surface area contributed by atoms with Crippen molar-refractivity contribution in [1.29, 1.82) is 0 Å². The van der Waals surface area contributed by atoms with E-state index in [0.29, 0.717) is 29.1 Å². The van der Waals surface area contributed by atoms with Gasteiger partial charge in [0, 0.05) is 10.9 Å². The minimum atomic E-state index is -4.62. The summed E-state index contributed by atoms with van der Waals surface area (Å²) in [5.41, 5.74) is 0.315. The van der Waals surface area contributed by atoms with E-state index in [1.165, 1.54) is 22.8 Å². The molecular weight excluding hydrogens is 517 g/mol. The Balaban J connectivity index is 1.52. The van der Waals surface area contributed by atoms with Gasteiger partial charge in [0.05, 0.1) is 29.3 Å². The number of amides is 1. The van der Waals surface area contributed by atoms with Gasteiger partial charge in [0.25, 0.3) is 5.56 Å². The number of anilines is 1. The Labute approximate surface area is 218 Å². The molecule has 2 heterocycles. The predicted octanol–water partition coefficient (Wildman–Crippen LogP) is 6.02. The molecule has 38 heavy (non-hydrogen) atoms. The van der Waals surface area contributed by atoms with Crippen LogP contribution in [-0.2, 0) is 11.0 Å². The van der Waals surface area contributed by atoms with E-state index in [1.807, 2.05) is 31.2 Å². The quantitative estimate of drug-likeness (QED) is 0.196. The molecular formula is C27H21F3N4O3S. The first-order valence-corrected chi connectivity index (χ1v) is 12.6. The van der Waals surface area contributed by atoms with Gasteiger partial charge < -0.3 is 15.0 Å². The molecule has 7 nitrogen and oxygen atoms in total. The zero-order valence-corrected chi connectivity index (χ0v) is 20.8. The summed E-state index contributed by atoms with van der Waals surface area (Å²) in [6.45, 7) is 2.34. The second-order valence-electron chi connectivity index (χ2n) is 8.24. The fourth-order valence-electron chi connectivity index (χ4n) is 4.08. The van der Waals surface area contributed by atoms with Crippen LogP contribution in [0.1, 0.15) is 12.5 Å². The van der Waals surface area contributed by atoms with Gasteiger partial charge in [-0.05, 0) is 49.4 Å². The van der Waals surface area contributed by atoms with E-state index in [-0.39, 0.29) is 22.2 Å². The third-order valence-corrected chi connectivity index (χ3v) is 6.68. The van der Waals surface area contributed by atoms with Gasteiger partial charge in [-0.15, -0.1) is 0 Å². The summed E-state index contributed by atoms with van der Waals surface area (Å²) in [5, 5.41) is 3.28. The largest absolute Gasteiger partial charge is 0.494 e. The molecule has 0 saturated heterocycles. The Kier molecular flexibility index (Phi) is 6.85. The number of ether oxygens (including phenoxy) is 1. The number of H-pyrrole nitrogens is 1. The molecule has 194 valence electrons. The van der Waals surface area contributed by atoms with E-state index in [0.717, 1.165) is 28.7 Å². The standard InChI is InChI=1S/C27H21F3N4O3S/c1-2-37-17-13-11-16(12-14-17)34-25(36)24-23(18-7-3-5-9-20(18)32-24)33-26(34)38-15-22(35)31-21-10-6-4-8-19(21)27(28,29)30/h3-14,32H,2,15H2,1H3,(H,31,35). The maximum atomic E-state index is 13.6. The van der Waals surface area contributed by atoms with Crippen LogP contribution in [0.3, 0.4) is 0 Å². The van der Waals surface area contributed by atoms with Gasteiger partial charge in [-0.3, -0.25) is 14.2 Å². The molecule has 0 aliphatic rings. The van der Waals surface area contributed by atoms with Crippen molar-refractivity contribution >= 4 is 45.3 Å². The number of hydrogen-bond donors (Lipinski definition) is 2. The minimum absolute atomic E-state index is 0.218. The minimum Gasteiger partial charge on any atom is -0.494 e. The second kappa shape index (κ2) is 10.3. The van der Waals surface area contributed by atoms with E-state index in [4.69, 9.17) is 9.72 Å². The SMILES string of the molecule is CCOc1ccc(-n2c(SCC(=O)Nc3ccccc3C(F)(F)F)nc3c([nH]c4ccccc43)c2=O)cc1. The summed E-state index contributed by atoms with van der Waals surface area (Å²) >= 11 is 0.951. The van der Waals surface area contributed by atoms with Gasteiger partial charge in [0.2, 0.25) is 5.91 Å². The van der Waals surface area contributed by atoms with Crippen LogP contribution in [0.5, 0.6) is 5.75 Å². The lowest BCUT2D eigenvalue weighted by atomic mass is 10.1. The molecule has 0 saturated carbocycles. The van der Waals surface area contributed by atoms with E-state index < -0.39 is 17.6 Å². The average molecular weight is 539 g/mol. The number of aromatic amines is 1. The highest BCUT2D eigenvalue weighted by Gasteiger charge is 2.33. The van der Waals surface area contributed by atoms with Gasteiger partial charge >= 0.3 is 6.18 Å². The number of aromatic nitrogens is 3. The molecule has 0 bridgehead atoms. The Morgan fingerprint density at radius 2 is 1.76 bits per heavy atom. The molecule has 0 spiro atoms. The molecule has 0 aliphatic carbocycles. The number of hydrogen-bond acceptors (Lipinski definition) is 5. The monoisotopic (exact) mass is 538 g/mol. The van der Waals surface area contributed by atoms with Crippen LogP contribution in [0.25, 0.3) is 27.6 Å². The van der Waals surface area contributed by atoms with Gasteiger partial charge in [0.1, 0.15) is 16.8 Å². The van der Waals surface area contributed by atoms with Crippen LogP contribution >= 0.6 is 11.8 Å². The zero-order valence-electron chi connectivity index (χ0n) is 20.0. The van der Waals surface area contributed by atoms with Crippen molar-refractivity contribution < 1.29 is 22.7 Å². The average Bonchev–Trinajstić information content (AvgIpc) is 3.27. The number of nitrogens with zero attached hydrogens (tertiary/aromatic N) is 2. The summed E-state index contributed by atoms with van der Waals surface area (Å²) < 4.78 is 46.9.